The lowest BCUT2D eigenvalue weighted by Gasteiger charge is -2.28. The fourth-order valence-corrected chi connectivity index (χ4v) is 2.67. The van der Waals surface area contributed by atoms with Gasteiger partial charge in [0.2, 0.25) is 0 Å². The van der Waals surface area contributed by atoms with E-state index in [0.29, 0.717) is 19.8 Å². The maximum absolute atomic E-state index is 11.2. The Morgan fingerprint density at radius 2 is 2.30 bits per heavy atom. The molecule has 0 aromatic carbocycles. The standard InChI is InChI=1S/C13H17N5O2/c1-10-2-3-11(6-15-10)8-16-4-5-17-9-14-7-12(13(16)17)18(19)20/h2-3,6,14H,4-5,7-9H2,1H3. The van der Waals surface area contributed by atoms with E-state index in [-0.39, 0.29) is 10.6 Å². The average molecular weight is 275 g/mol. The molecule has 1 aromatic rings. The number of rotatable bonds is 3. The summed E-state index contributed by atoms with van der Waals surface area (Å²) in [5, 5.41) is 14.2. The fraction of sp³-hybridized carbons (Fsp3) is 0.462. The third-order valence-corrected chi connectivity index (χ3v) is 3.66. The SMILES string of the molecule is Cc1ccc(CN2CCN3CNCC([N+](=O)[O-])=C32)cn1. The molecule has 2 aliphatic rings. The van der Waals surface area contributed by atoms with E-state index < -0.39 is 0 Å². The molecule has 0 unspecified atom stereocenters. The van der Waals surface area contributed by atoms with Gasteiger partial charge in [-0.05, 0) is 18.6 Å². The summed E-state index contributed by atoms with van der Waals surface area (Å²) in [7, 11) is 0. The van der Waals surface area contributed by atoms with Gasteiger partial charge in [0.15, 0.2) is 5.82 Å². The number of pyridine rings is 1. The molecule has 2 aliphatic heterocycles. The number of nitro groups is 1. The minimum atomic E-state index is -0.278. The molecule has 0 radical (unpaired) electrons. The van der Waals surface area contributed by atoms with E-state index in [2.05, 4.69) is 15.2 Å². The topological polar surface area (TPSA) is 74.5 Å². The first kappa shape index (κ1) is 12.9. The van der Waals surface area contributed by atoms with E-state index in [4.69, 9.17) is 0 Å². The van der Waals surface area contributed by atoms with Crippen LogP contribution < -0.4 is 5.32 Å². The second-order valence-corrected chi connectivity index (χ2v) is 5.11. The van der Waals surface area contributed by atoms with Gasteiger partial charge in [0.25, 0.3) is 5.70 Å². The maximum Gasteiger partial charge on any atom is 0.299 e. The van der Waals surface area contributed by atoms with E-state index in [9.17, 15) is 10.1 Å². The molecule has 0 bridgehead atoms. The predicted octanol–water partition coefficient (Wildman–Crippen LogP) is 0.514. The van der Waals surface area contributed by atoms with Crippen molar-refractivity contribution in [2.75, 3.05) is 26.3 Å². The lowest BCUT2D eigenvalue weighted by molar-refractivity contribution is -0.430. The lowest BCUT2D eigenvalue weighted by atomic mass is 10.2. The van der Waals surface area contributed by atoms with E-state index in [0.717, 1.165) is 30.2 Å². The predicted molar refractivity (Wildman–Crippen MR) is 73.0 cm³/mol. The van der Waals surface area contributed by atoms with Crippen molar-refractivity contribution < 1.29 is 4.92 Å². The van der Waals surface area contributed by atoms with Crippen molar-refractivity contribution in [3.05, 3.63) is 51.2 Å². The Morgan fingerprint density at radius 3 is 3.00 bits per heavy atom. The molecule has 1 aromatic heterocycles. The Kier molecular flexibility index (Phi) is 3.27. The summed E-state index contributed by atoms with van der Waals surface area (Å²) in [6.07, 6.45) is 1.84. The van der Waals surface area contributed by atoms with Gasteiger partial charge in [0.05, 0.1) is 18.1 Å². The normalized spacial score (nSPS) is 18.4. The second-order valence-electron chi connectivity index (χ2n) is 5.11. The smallest absolute Gasteiger partial charge is 0.299 e. The van der Waals surface area contributed by atoms with Gasteiger partial charge >= 0.3 is 0 Å². The van der Waals surface area contributed by atoms with E-state index in [1.54, 1.807) is 0 Å². The van der Waals surface area contributed by atoms with E-state index in [1.807, 2.05) is 30.2 Å². The van der Waals surface area contributed by atoms with Crippen molar-refractivity contribution >= 4 is 0 Å². The van der Waals surface area contributed by atoms with Crippen LogP contribution in [-0.4, -0.2) is 46.0 Å². The largest absolute Gasteiger partial charge is 0.347 e. The second kappa shape index (κ2) is 5.09. The van der Waals surface area contributed by atoms with Gasteiger partial charge in [0.1, 0.15) is 0 Å². The number of aromatic nitrogens is 1. The van der Waals surface area contributed by atoms with Gasteiger partial charge in [-0.3, -0.25) is 20.4 Å². The molecule has 106 valence electrons. The van der Waals surface area contributed by atoms with Crippen LogP contribution in [0.2, 0.25) is 0 Å². The minimum Gasteiger partial charge on any atom is -0.347 e. The molecular formula is C13H17N5O2. The Morgan fingerprint density at radius 1 is 1.45 bits per heavy atom. The van der Waals surface area contributed by atoms with Crippen LogP contribution in [0.4, 0.5) is 0 Å². The first-order valence-electron chi connectivity index (χ1n) is 6.65. The number of aryl methyl sites for hydroxylation is 1. The summed E-state index contributed by atoms with van der Waals surface area (Å²) in [6.45, 7) is 5.23. The molecule has 1 N–H and O–H groups in total. The van der Waals surface area contributed by atoms with Crippen molar-refractivity contribution in [2.24, 2.45) is 0 Å². The van der Waals surface area contributed by atoms with Crippen LogP contribution in [-0.2, 0) is 6.54 Å². The molecule has 1 fully saturated rings. The monoisotopic (exact) mass is 275 g/mol. The molecule has 0 amide bonds. The lowest BCUT2D eigenvalue weighted by Crippen LogP contribution is -2.41. The summed E-state index contributed by atoms with van der Waals surface area (Å²) < 4.78 is 0. The zero-order valence-corrected chi connectivity index (χ0v) is 11.4. The van der Waals surface area contributed by atoms with Crippen LogP contribution in [0.5, 0.6) is 0 Å². The molecule has 7 nitrogen and oxygen atoms in total. The molecule has 7 heteroatoms. The number of fused-ring (bicyclic) bond motifs is 1. The van der Waals surface area contributed by atoms with Crippen LogP contribution >= 0.6 is 0 Å². The van der Waals surface area contributed by atoms with E-state index in [1.165, 1.54) is 0 Å². The minimum absolute atomic E-state index is 0.258. The number of nitrogens with zero attached hydrogens (tertiary/aromatic N) is 4. The van der Waals surface area contributed by atoms with Crippen molar-refractivity contribution in [1.82, 2.24) is 20.1 Å². The van der Waals surface area contributed by atoms with Gasteiger partial charge in [-0.25, -0.2) is 0 Å². The Bertz CT molecular complexity index is 554. The van der Waals surface area contributed by atoms with Crippen molar-refractivity contribution in [3.63, 3.8) is 0 Å². The van der Waals surface area contributed by atoms with Crippen LogP contribution in [0.3, 0.4) is 0 Å². The van der Waals surface area contributed by atoms with E-state index >= 15 is 0 Å². The first-order chi connectivity index (χ1) is 9.65. The van der Waals surface area contributed by atoms with Crippen LogP contribution in [0.1, 0.15) is 11.3 Å². The summed E-state index contributed by atoms with van der Waals surface area (Å²) in [5.41, 5.74) is 2.31. The third-order valence-electron chi connectivity index (χ3n) is 3.66. The molecule has 0 spiro atoms. The highest BCUT2D eigenvalue weighted by Crippen LogP contribution is 2.25. The molecular weight excluding hydrogens is 258 g/mol. The van der Waals surface area contributed by atoms with Gasteiger partial charge < -0.3 is 9.80 Å². The summed E-state index contributed by atoms with van der Waals surface area (Å²) in [5.74, 6) is 0.759. The van der Waals surface area contributed by atoms with Gasteiger partial charge in [-0.2, -0.15) is 0 Å². The maximum atomic E-state index is 11.2. The summed E-state index contributed by atoms with van der Waals surface area (Å²) in [6, 6.07) is 3.99. The highest BCUT2D eigenvalue weighted by Gasteiger charge is 2.36. The Balaban J connectivity index is 1.86. The number of hydrogen-bond donors (Lipinski definition) is 1. The molecule has 20 heavy (non-hydrogen) atoms. The highest BCUT2D eigenvalue weighted by molar-refractivity contribution is 5.19. The number of nitrogens with one attached hydrogen (secondary N) is 1. The van der Waals surface area contributed by atoms with Crippen molar-refractivity contribution in [2.45, 2.75) is 13.5 Å². The van der Waals surface area contributed by atoms with Crippen LogP contribution in [0, 0.1) is 17.0 Å². The molecule has 1 saturated heterocycles. The molecule has 0 aliphatic carbocycles. The van der Waals surface area contributed by atoms with Crippen LogP contribution in [0.25, 0.3) is 0 Å². The van der Waals surface area contributed by atoms with Gasteiger partial charge in [-0.1, -0.05) is 6.07 Å². The molecule has 0 saturated carbocycles. The first-order valence-corrected chi connectivity index (χ1v) is 6.65. The Hall–Kier alpha value is -2.15. The zero-order chi connectivity index (χ0) is 14.1. The summed E-state index contributed by atoms with van der Waals surface area (Å²) in [4.78, 5) is 19.3. The molecule has 3 heterocycles. The molecule has 3 rings (SSSR count). The quantitative estimate of drug-likeness (QED) is 0.640. The average Bonchev–Trinajstić information content (AvgIpc) is 2.84. The van der Waals surface area contributed by atoms with Gasteiger partial charge in [0, 0.05) is 31.5 Å². The van der Waals surface area contributed by atoms with Crippen LogP contribution in [0.15, 0.2) is 29.8 Å². The number of hydrogen-bond acceptors (Lipinski definition) is 6. The molecule has 0 atom stereocenters. The van der Waals surface area contributed by atoms with Crippen molar-refractivity contribution in [3.8, 4) is 0 Å². The highest BCUT2D eigenvalue weighted by atomic mass is 16.6. The zero-order valence-electron chi connectivity index (χ0n) is 11.4. The third kappa shape index (κ3) is 2.32. The fourth-order valence-electron chi connectivity index (χ4n) is 2.67. The summed E-state index contributed by atoms with van der Waals surface area (Å²) >= 11 is 0. The van der Waals surface area contributed by atoms with Crippen molar-refractivity contribution in [1.29, 1.82) is 0 Å². The Labute approximate surface area is 117 Å². The van der Waals surface area contributed by atoms with Gasteiger partial charge in [-0.15, -0.1) is 0 Å².